The van der Waals surface area contributed by atoms with E-state index in [9.17, 15) is 9.59 Å². The van der Waals surface area contributed by atoms with Crippen LogP contribution in [-0.4, -0.2) is 12.1 Å². The van der Waals surface area contributed by atoms with Crippen molar-refractivity contribution in [3.8, 4) is 0 Å². The van der Waals surface area contributed by atoms with Gasteiger partial charge in [0.25, 0.3) is 0 Å². The van der Waals surface area contributed by atoms with Crippen LogP contribution in [0.2, 0.25) is 0 Å². The minimum atomic E-state index is -0.398. The highest BCUT2D eigenvalue weighted by atomic mass is 32.1. The molecule has 0 spiro atoms. The Morgan fingerprint density at radius 3 is 2.83 bits per heavy atom. The van der Waals surface area contributed by atoms with Crippen LogP contribution in [0.3, 0.4) is 0 Å². The fourth-order valence-corrected chi connectivity index (χ4v) is 2.22. The van der Waals surface area contributed by atoms with Crippen LogP contribution in [0, 0.1) is 6.92 Å². The molecule has 0 unspecified atom stereocenters. The van der Waals surface area contributed by atoms with E-state index in [2.05, 4.69) is 0 Å². The van der Waals surface area contributed by atoms with Gasteiger partial charge in [0.05, 0.1) is 4.88 Å². The second-order valence-electron chi connectivity index (χ2n) is 2.56. The molecule has 0 N–H and O–H groups in total. The summed E-state index contributed by atoms with van der Waals surface area (Å²) in [6.45, 7) is 3.94. The highest BCUT2D eigenvalue weighted by molar-refractivity contribution is 7.13. The molecule has 1 aromatic heterocycles. The maximum absolute atomic E-state index is 11.0. The fourth-order valence-electron chi connectivity index (χ4n) is 1.17. The number of thiophene rings is 1. The molecule has 0 saturated heterocycles. The summed E-state index contributed by atoms with van der Waals surface area (Å²) >= 11 is 1.35. The fraction of sp³-hybridized carbons (Fsp3) is 0.333. The third-order valence-corrected chi connectivity index (χ3v) is 2.94. The lowest BCUT2D eigenvalue weighted by Crippen LogP contribution is -2.00. The quantitative estimate of drug-likeness (QED) is 0.407. The van der Waals surface area contributed by atoms with Crippen molar-refractivity contribution >= 4 is 23.4 Å². The van der Waals surface area contributed by atoms with Crippen LogP contribution in [0.4, 0.5) is 0 Å². The molecule has 12 heavy (non-hydrogen) atoms. The Kier molecular flexibility index (Phi) is 2.76. The molecule has 0 aliphatic heterocycles. The molecule has 1 rings (SSSR count). The van der Waals surface area contributed by atoms with Crippen LogP contribution in [0.1, 0.15) is 27.7 Å². The Balaban J connectivity index is 3.15. The predicted octanol–water partition coefficient (Wildman–Crippen LogP) is 2.00. The standard InChI is InChI=1S/C9H10O2S/c1-3-7-6(2)5-12-9(7)8(11)4-10/h4-5H,3H2,1-2H3. The van der Waals surface area contributed by atoms with Gasteiger partial charge < -0.3 is 0 Å². The SMILES string of the molecule is CCc1c(C)csc1C(=O)C=O. The number of carbonyl (C=O) groups is 2. The van der Waals surface area contributed by atoms with E-state index in [1.165, 1.54) is 11.3 Å². The Bertz CT molecular complexity index is 312. The number of aryl methyl sites for hydroxylation is 1. The van der Waals surface area contributed by atoms with E-state index < -0.39 is 5.78 Å². The maximum atomic E-state index is 11.0. The van der Waals surface area contributed by atoms with E-state index in [0.717, 1.165) is 17.5 Å². The van der Waals surface area contributed by atoms with E-state index in [1.54, 1.807) is 0 Å². The summed E-state index contributed by atoms with van der Waals surface area (Å²) in [7, 11) is 0. The number of rotatable bonds is 3. The molecule has 0 aliphatic rings. The van der Waals surface area contributed by atoms with Gasteiger partial charge in [-0.2, -0.15) is 0 Å². The highest BCUT2D eigenvalue weighted by Gasteiger charge is 2.13. The number of aldehydes is 1. The van der Waals surface area contributed by atoms with E-state index in [0.29, 0.717) is 11.2 Å². The molecule has 0 fully saturated rings. The third kappa shape index (κ3) is 1.46. The molecule has 0 atom stereocenters. The first-order valence-corrected chi connectivity index (χ1v) is 4.65. The molecular weight excluding hydrogens is 172 g/mol. The minimum absolute atomic E-state index is 0.379. The molecular formula is C9H10O2S. The van der Waals surface area contributed by atoms with Gasteiger partial charge in [-0.15, -0.1) is 11.3 Å². The summed E-state index contributed by atoms with van der Waals surface area (Å²) in [6, 6.07) is 0. The number of carbonyl (C=O) groups excluding carboxylic acids is 2. The van der Waals surface area contributed by atoms with Gasteiger partial charge in [-0.05, 0) is 29.9 Å². The average Bonchev–Trinajstić information content (AvgIpc) is 2.45. The Morgan fingerprint density at radius 1 is 1.67 bits per heavy atom. The van der Waals surface area contributed by atoms with Crippen molar-refractivity contribution in [1.29, 1.82) is 0 Å². The zero-order valence-electron chi connectivity index (χ0n) is 7.09. The summed E-state index contributed by atoms with van der Waals surface area (Å²) in [5.74, 6) is -0.398. The molecule has 0 saturated carbocycles. The lowest BCUT2D eigenvalue weighted by atomic mass is 10.1. The van der Waals surface area contributed by atoms with Gasteiger partial charge in [-0.25, -0.2) is 0 Å². The largest absolute Gasteiger partial charge is 0.294 e. The van der Waals surface area contributed by atoms with E-state index in [-0.39, 0.29) is 0 Å². The van der Waals surface area contributed by atoms with E-state index >= 15 is 0 Å². The Labute approximate surface area is 75.2 Å². The van der Waals surface area contributed by atoms with Crippen molar-refractivity contribution in [2.75, 3.05) is 0 Å². The molecule has 64 valence electrons. The summed E-state index contributed by atoms with van der Waals surface area (Å²) in [4.78, 5) is 21.9. The van der Waals surface area contributed by atoms with E-state index in [4.69, 9.17) is 0 Å². The molecule has 2 nitrogen and oxygen atoms in total. The summed E-state index contributed by atoms with van der Waals surface area (Å²) in [6.07, 6.45) is 1.19. The van der Waals surface area contributed by atoms with Crippen LogP contribution >= 0.6 is 11.3 Å². The molecule has 3 heteroatoms. The van der Waals surface area contributed by atoms with Crippen molar-refractivity contribution in [3.05, 3.63) is 21.4 Å². The molecule has 0 aliphatic carbocycles. The van der Waals surface area contributed by atoms with E-state index in [1.807, 2.05) is 19.2 Å². The Hall–Kier alpha value is -0.960. The number of hydrogen-bond acceptors (Lipinski definition) is 3. The van der Waals surface area contributed by atoms with Gasteiger partial charge in [-0.1, -0.05) is 6.92 Å². The molecule has 1 aromatic rings. The van der Waals surface area contributed by atoms with Crippen LogP contribution < -0.4 is 0 Å². The lowest BCUT2D eigenvalue weighted by molar-refractivity contribution is -0.104. The summed E-state index contributed by atoms with van der Waals surface area (Å²) < 4.78 is 0. The van der Waals surface area contributed by atoms with Gasteiger partial charge in [0.1, 0.15) is 0 Å². The van der Waals surface area contributed by atoms with Crippen molar-refractivity contribution < 1.29 is 9.59 Å². The van der Waals surface area contributed by atoms with Crippen molar-refractivity contribution in [3.63, 3.8) is 0 Å². The minimum Gasteiger partial charge on any atom is -0.294 e. The zero-order valence-corrected chi connectivity index (χ0v) is 7.90. The van der Waals surface area contributed by atoms with Gasteiger partial charge in [-0.3, -0.25) is 9.59 Å². The normalized spacial score (nSPS) is 9.83. The predicted molar refractivity (Wildman–Crippen MR) is 48.8 cm³/mol. The highest BCUT2D eigenvalue weighted by Crippen LogP contribution is 2.22. The van der Waals surface area contributed by atoms with Gasteiger partial charge in [0.2, 0.25) is 5.78 Å². The second kappa shape index (κ2) is 3.63. The first-order chi connectivity index (χ1) is 5.70. The topological polar surface area (TPSA) is 34.1 Å². The molecule has 1 heterocycles. The van der Waals surface area contributed by atoms with Crippen LogP contribution in [0.15, 0.2) is 5.38 Å². The average molecular weight is 182 g/mol. The van der Waals surface area contributed by atoms with Gasteiger partial charge >= 0.3 is 0 Å². The smallest absolute Gasteiger partial charge is 0.235 e. The zero-order chi connectivity index (χ0) is 9.14. The molecule has 0 radical (unpaired) electrons. The van der Waals surface area contributed by atoms with Gasteiger partial charge in [0.15, 0.2) is 6.29 Å². The van der Waals surface area contributed by atoms with Crippen LogP contribution in [0.25, 0.3) is 0 Å². The molecule has 0 amide bonds. The van der Waals surface area contributed by atoms with Crippen LogP contribution in [0.5, 0.6) is 0 Å². The number of Topliss-reactive ketones (excluding diaryl/α,β-unsaturated/α-hetero) is 1. The lowest BCUT2D eigenvalue weighted by Gasteiger charge is -1.95. The maximum Gasteiger partial charge on any atom is 0.235 e. The summed E-state index contributed by atoms with van der Waals surface area (Å²) in [5.41, 5.74) is 2.12. The second-order valence-corrected chi connectivity index (χ2v) is 3.44. The summed E-state index contributed by atoms with van der Waals surface area (Å²) in [5, 5.41) is 1.91. The van der Waals surface area contributed by atoms with Crippen molar-refractivity contribution in [1.82, 2.24) is 0 Å². The monoisotopic (exact) mass is 182 g/mol. The molecule has 0 aromatic carbocycles. The number of ketones is 1. The Morgan fingerprint density at radius 2 is 2.33 bits per heavy atom. The molecule has 0 bridgehead atoms. The van der Waals surface area contributed by atoms with Crippen molar-refractivity contribution in [2.45, 2.75) is 20.3 Å². The first kappa shape index (κ1) is 9.13. The van der Waals surface area contributed by atoms with Crippen LogP contribution in [-0.2, 0) is 11.2 Å². The van der Waals surface area contributed by atoms with Crippen molar-refractivity contribution in [2.24, 2.45) is 0 Å². The van der Waals surface area contributed by atoms with Gasteiger partial charge in [0, 0.05) is 0 Å². The number of hydrogen-bond donors (Lipinski definition) is 0. The third-order valence-electron chi connectivity index (χ3n) is 1.79. The first-order valence-electron chi connectivity index (χ1n) is 3.77.